The summed E-state index contributed by atoms with van der Waals surface area (Å²) in [5.41, 5.74) is 2.41. The lowest BCUT2D eigenvalue weighted by molar-refractivity contribution is 0.0992. The van der Waals surface area contributed by atoms with Gasteiger partial charge < -0.3 is 4.57 Å². The Balaban J connectivity index is 2.10. The molecule has 0 bridgehead atoms. The number of rotatable bonds is 4. The molecule has 0 aliphatic heterocycles. The molecular formula is C16H17BrN4OS2. The fourth-order valence-corrected chi connectivity index (χ4v) is 4.31. The van der Waals surface area contributed by atoms with Crippen molar-refractivity contribution in [1.29, 1.82) is 0 Å². The highest BCUT2D eigenvalue weighted by Gasteiger charge is 2.12. The molecule has 5 nitrogen and oxygen atoms in total. The minimum atomic E-state index is -0.303. The second kappa shape index (κ2) is 7.25. The lowest BCUT2D eigenvalue weighted by Gasteiger charge is -2.03. The van der Waals surface area contributed by atoms with Crippen LogP contribution in [0, 0.1) is 6.92 Å². The minimum absolute atomic E-state index is 0.303. The number of amides is 1. The highest BCUT2D eigenvalue weighted by Crippen LogP contribution is 2.22. The van der Waals surface area contributed by atoms with Gasteiger partial charge in [0.15, 0.2) is 10.5 Å². The molecule has 24 heavy (non-hydrogen) atoms. The van der Waals surface area contributed by atoms with Crippen molar-refractivity contribution in [2.24, 2.45) is 12.0 Å². The van der Waals surface area contributed by atoms with Crippen LogP contribution in [-0.2, 0) is 13.6 Å². The van der Waals surface area contributed by atoms with E-state index in [1.54, 1.807) is 22.5 Å². The molecule has 2 heterocycles. The maximum atomic E-state index is 12.5. The largest absolute Gasteiger partial charge is 0.316 e. The summed E-state index contributed by atoms with van der Waals surface area (Å²) in [5, 5.41) is 4.22. The minimum Gasteiger partial charge on any atom is -0.316 e. The second-order valence-electron chi connectivity index (χ2n) is 5.35. The van der Waals surface area contributed by atoms with Crippen molar-refractivity contribution in [2.45, 2.75) is 13.5 Å². The van der Waals surface area contributed by atoms with E-state index in [-0.39, 0.29) is 5.91 Å². The van der Waals surface area contributed by atoms with Crippen LogP contribution in [0.4, 0.5) is 0 Å². The number of aryl methyl sites for hydroxylation is 3. The van der Waals surface area contributed by atoms with Crippen LogP contribution < -0.4 is 4.80 Å². The molecule has 1 amide bonds. The Morgan fingerprint density at radius 3 is 2.88 bits per heavy atom. The third-order valence-electron chi connectivity index (χ3n) is 3.69. The van der Waals surface area contributed by atoms with Crippen molar-refractivity contribution in [3.8, 4) is 0 Å². The van der Waals surface area contributed by atoms with Crippen LogP contribution >= 0.6 is 39.0 Å². The second-order valence-corrected chi connectivity index (χ2v) is 8.26. The van der Waals surface area contributed by atoms with Crippen LogP contribution in [0.25, 0.3) is 10.2 Å². The van der Waals surface area contributed by atoms with E-state index < -0.39 is 0 Å². The molecule has 0 N–H and O–H groups in total. The summed E-state index contributed by atoms with van der Waals surface area (Å²) in [6.45, 7) is 2.73. The zero-order chi connectivity index (χ0) is 17.3. The van der Waals surface area contributed by atoms with Gasteiger partial charge in [-0.05, 0) is 37.4 Å². The van der Waals surface area contributed by atoms with Gasteiger partial charge in [0.05, 0.1) is 10.2 Å². The van der Waals surface area contributed by atoms with Crippen molar-refractivity contribution in [3.63, 3.8) is 0 Å². The number of hydrogen-bond acceptors (Lipinski definition) is 4. The summed E-state index contributed by atoms with van der Waals surface area (Å²) in [6.07, 6.45) is 2.07. The van der Waals surface area contributed by atoms with Gasteiger partial charge in [-0.1, -0.05) is 27.3 Å². The molecule has 3 rings (SSSR count). The predicted molar refractivity (Wildman–Crippen MR) is 104 cm³/mol. The van der Waals surface area contributed by atoms with E-state index in [1.165, 1.54) is 11.3 Å². The quantitative estimate of drug-likeness (QED) is 0.642. The highest BCUT2D eigenvalue weighted by molar-refractivity contribution is 9.10. The molecule has 0 aliphatic rings. The van der Waals surface area contributed by atoms with Gasteiger partial charge in [0.1, 0.15) is 0 Å². The third kappa shape index (κ3) is 3.50. The van der Waals surface area contributed by atoms with E-state index in [1.807, 2.05) is 20.0 Å². The molecule has 126 valence electrons. The molecule has 0 aliphatic carbocycles. The SMILES string of the molecule is CSCCn1c(=NC(=O)c2cc(C)n(C)n2)sc2cc(Br)ccc21. The summed E-state index contributed by atoms with van der Waals surface area (Å²) in [5.74, 6) is 0.661. The van der Waals surface area contributed by atoms with Gasteiger partial charge in [0.2, 0.25) is 0 Å². The molecule has 0 radical (unpaired) electrons. The average Bonchev–Trinajstić information content (AvgIpc) is 3.05. The van der Waals surface area contributed by atoms with Crippen LogP contribution in [0.3, 0.4) is 0 Å². The number of fused-ring (bicyclic) bond motifs is 1. The first-order valence-corrected chi connectivity index (χ1v) is 10.4. The number of benzene rings is 1. The number of nitrogens with zero attached hydrogens (tertiary/aromatic N) is 4. The van der Waals surface area contributed by atoms with Crippen LogP contribution in [0.15, 0.2) is 33.7 Å². The van der Waals surface area contributed by atoms with Crippen LogP contribution in [0.1, 0.15) is 16.2 Å². The fourth-order valence-electron chi connectivity index (χ4n) is 2.34. The average molecular weight is 425 g/mol. The number of carbonyl (C=O) groups is 1. The van der Waals surface area contributed by atoms with Crippen LogP contribution in [0.2, 0.25) is 0 Å². The first-order valence-electron chi connectivity index (χ1n) is 7.37. The first kappa shape index (κ1) is 17.4. The normalized spacial score (nSPS) is 12.2. The fraction of sp³-hybridized carbons (Fsp3) is 0.312. The van der Waals surface area contributed by atoms with Gasteiger partial charge >= 0.3 is 0 Å². The van der Waals surface area contributed by atoms with Gasteiger partial charge in [-0.25, -0.2) is 0 Å². The summed E-state index contributed by atoms with van der Waals surface area (Å²) in [7, 11) is 1.82. The van der Waals surface area contributed by atoms with E-state index in [4.69, 9.17) is 0 Å². The highest BCUT2D eigenvalue weighted by atomic mass is 79.9. The van der Waals surface area contributed by atoms with Gasteiger partial charge in [-0.3, -0.25) is 9.48 Å². The zero-order valence-electron chi connectivity index (χ0n) is 13.6. The number of hydrogen-bond donors (Lipinski definition) is 0. The Kier molecular flexibility index (Phi) is 5.27. The number of carbonyl (C=O) groups excluding carboxylic acids is 1. The van der Waals surface area contributed by atoms with Gasteiger partial charge in [-0.2, -0.15) is 21.9 Å². The zero-order valence-corrected chi connectivity index (χ0v) is 16.8. The molecule has 1 aromatic carbocycles. The summed E-state index contributed by atoms with van der Waals surface area (Å²) >= 11 is 6.80. The monoisotopic (exact) mass is 424 g/mol. The number of thioether (sulfide) groups is 1. The Morgan fingerprint density at radius 2 is 2.21 bits per heavy atom. The van der Waals surface area contributed by atoms with E-state index >= 15 is 0 Å². The number of halogens is 1. The van der Waals surface area contributed by atoms with E-state index in [9.17, 15) is 4.79 Å². The van der Waals surface area contributed by atoms with Gasteiger partial charge in [-0.15, -0.1) is 0 Å². The topological polar surface area (TPSA) is 52.2 Å². The maximum Gasteiger partial charge on any atom is 0.300 e. The maximum absolute atomic E-state index is 12.5. The molecule has 3 aromatic rings. The molecule has 0 spiro atoms. The van der Waals surface area contributed by atoms with E-state index in [0.717, 1.165) is 32.7 Å². The van der Waals surface area contributed by atoms with Crippen molar-refractivity contribution >= 4 is 55.2 Å². The molecular weight excluding hydrogens is 408 g/mol. The summed E-state index contributed by atoms with van der Waals surface area (Å²) < 4.78 is 5.92. The molecule has 8 heteroatoms. The Hall–Kier alpha value is -1.38. The van der Waals surface area contributed by atoms with Gasteiger partial charge in [0, 0.05) is 29.5 Å². The number of aromatic nitrogens is 3. The molecule has 0 unspecified atom stereocenters. The standard InChI is InChI=1S/C16H17BrN4OS2/c1-10-8-12(19-20(10)2)15(22)18-16-21(6-7-23-3)13-5-4-11(17)9-14(13)24-16/h4-5,8-9H,6-7H2,1-3H3. The lowest BCUT2D eigenvalue weighted by Crippen LogP contribution is -2.18. The predicted octanol–water partition coefficient (Wildman–Crippen LogP) is 3.61. The van der Waals surface area contributed by atoms with Crippen LogP contribution in [0.5, 0.6) is 0 Å². The summed E-state index contributed by atoms with van der Waals surface area (Å²) in [4.78, 5) is 17.5. The lowest BCUT2D eigenvalue weighted by atomic mass is 10.3. The first-order chi connectivity index (χ1) is 11.5. The van der Waals surface area contributed by atoms with E-state index in [2.05, 4.69) is 49.0 Å². The Labute approximate surface area is 156 Å². The van der Waals surface area contributed by atoms with Gasteiger partial charge in [0.25, 0.3) is 5.91 Å². The Bertz CT molecular complexity index is 951. The molecule has 0 atom stereocenters. The molecule has 0 saturated carbocycles. The molecule has 0 saturated heterocycles. The Morgan fingerprint density at radius 1 is 1.42 bits per heavy atom. The third-order valence-corrected chi connectivity index (χ3v) is 5.82. The van der Waals surface area contributed by atoms with Crippen LogP contribution in [-0.4, -0.2) is 32.3 Å². The van der Waals surface area contributed by atoms with Crippen molar-refractivity contribution < 1.29 is 4.79 Å². The van der Waals surface area contributed by atoms with Crippen molar-refractivity contribution in [3.05, 3.63) is 44.9 Å². The molecule has 0 fully saturated rings. The van der Waals surface area contributed by atoms with Crippen molar-refractivity contribution in [1.82, 2.24) is 14.3 Å². The number of thiazole rings is 1. The smallest absolute Gasteiger partial charge is 0.300 e. The van der Waals surface area contributed by atoms with Crippen molar-refractivity contribution in [2.75, 3.05) is 12.0 Å². The summed E-state index contributed by atoms with van der Waals surface area (Å²) in [6, 6.07) is 7.90. The molecule has 2 aromatic heterocycles. The van der Waals surface area contributed by atoms with E-state index in [0.29, 0.717) is 10.5 Å².